The second kappa shape index (κ2) is 7.31. The lowest BCUT2D eigenvalue weighted by Gasteiger charge is -2.04. The van der Waals surface area contributed by atoms with E-state index >= 15 is 0 Å². The topological polar surface area (TPSA) is 53.4 Å². The van der Waals surface area contributed by atoms with Crippen LogP contribution in [0.4, 0.5) is 0 Å². The molecule has 2 aromatic carbocycles. The van der Waals surface area contributed by atoms with E-state index in [2.05, 4.69) is 21.0 Å². The van der Waals surface area contributed by atoms with Gasteiger partial charge in [-0.3, -0.25) is 0 Å². The Hall–Kier alpha value is -2.60. The van der Waals surface area contributed by atoms with Crippen LogP contribution in [0, 0.1) is 0 Å². The standard InChI is InChI=1S/C18H15BrN2O3/c1-23-16-11-21(15-8-3-2-4-9-15)20-17(16)18(22)24-12-13-6-5-7-14(19)10-13/h2-11H,12H2,1H3. The Morgan fingerprint density at radius 1 is 1.17 bits per heavy atom. The van der Waals surface area contributed by atoms with Gasteiger partial charge in [-0.05, 0) is 29.8 Å². The highest BCUT2D eigenvalue weighted by Crippen LogP contribution is 2.21. The second-order valence-electron chi connectivity index (χ2n) is 5.03. The summed E-state index contributed by atoms with van der Waals surface area (Å²) in [6.07, 6.45) is 1.66. The fourth-order valence-corrected chi connectivity index (χ4v) is 2.65. The molecule has 0 bridgehead atoms. The quantitative estimate of drug-likeness (QED) is 0.621. The minimum Gasteiger partial charge on any atom is -0.493 e. The van der Waals surface area contributed by atoms with Crippen molar-refractivity contribution in [2.75, 3.05) is 7.11 Å². The van der Waals surface area contributed by atoms with E-state index in [-0.39, 0.29) is 12.3 Å². The average Bonchev–Trinajstić information content (AvgIpc) is 3.05. The van der Waals surface area contributed by atoms with Gasteiger partial charge in [0.25, 0.3) is 0 Å². The molecule has 3 aromatic rings. The largest absolute Gasteiger partial charge is 0.493 e. The first-order chi connectivity index (χ1) is 11.7. The van der Waals surface area contributed by atoms with E-state index in [0.29, 0.717) is 5.75 Å². The summed E-state index contributed by atoms with van der Waals surface area (Å²) in [5.41, 5.74) is 1.87. The van der Waals surface area contributed by atoms with Crippen molar-refractivity contribution >= 4 is 21.9 Å². The van der Waals surface area contributed by atoms with E-state index in [0.717, 1.165) is 15.7 Å². The zero-order valence-electron chi connectivity index (χ0n) is 13.0. The highest BCUT2D eigenvalue weighted by Gasteiger charge is 2.20. The van der Waals surface area contributed by atoms with Crippen LogP contribution in [0.2, 0.25) is 0 Å². The molecule has 0 unspecified atom stereocenters. The van der Waals surface area contributed by atoms with Crippen LogP contribution in [0.3, 0.4) is 0 Å². The third-order valence-corrected chi connectivity index (χ3v) is 3.87. The molecule has 122 valence electrons. The van der Waals surface area contributed by atoms with Crippen molar-refractivity contribution in [3.63, 3.8) is 0 Å². The van der Waals surface area contributed by atoms with Crippen molar-refractivity contribution in [2.45, 2.75) is 6.61 Å². The van der Waals surface area contributed by atoms with Crippen molar-refractivity contribution in [1.82, 2.24) is 9.78 Å². The van der Waals surface area contributed by atoms with Gasteiger partial charge in [-0.1, -0.05) is 46.3 Å². The van der Waals surface area contributed by atoms with Gasteiger partial charge in [-0.2, -0.15) is 5.10 Å². The molecule has 0 spiro atoms. The van der Waals surface area contributed by atoms with Gasteiger partial charge < -0.3 is 9.47 Å². The maximum absolute atomic E-state index is 12.3. The van der Waals surface area contributed by atoms with Gasteiger partial charge in [0.2, 0.25) is 5.69 Å². The first kappa shape index (κ1) is 16.3. The van der Waals surface area contributed by atoms with Gasteiger partial charge >= 0.3 is 5.97 Å². The molecule has 0 atom stereocenters. The van der Waals surface area contributed by atoms with Gasteiger partial charge in [0.1, 0.15) is 6.61 Å². The predicted octanol–water partition coefficient (Wildman–Crippen LogP) is 4.00. The van der Waals surface area contributed by atoms with E-state index in [9.17, 15) is 4.79 Å². The summed E-state index contributed by atoms with van der Waals surface area (Å²) in [5.74, 6) is -0.153. The lowest BCUT2D eigenvalue weighted by molar-refractivity contribution is 0.0461. The highest BCUT2D eigenvalue weighted by atomic mass is 79.9. The van der Waals surface area contributed by atoms with Crippen molar-refractivity contribution in [1.29, 1.82) is 0 Å². The zero-order valence-corrected chi connectivity index (χ0v) is 14.6. The Bertz CT molecular complexity index is 846. The first-order valence-electron chi connectivity index (χ1n) is 7.28. The van der Waals surface area contributed by atoms with Gasteiger partial charge in [-0.25, -0.2) is 9.48 Å². The number of hydrogen-bond acceptors (Lipinski definition) is 4. The molecule has 0 saturated heterocycles. The molecule has 1 heterocycles. The van der Waals surface area contributed by atoms with Crippen molar-refractivity contribution in [3.05, 3.63) is 76.5 Å². The van der Waals surface area contributed by atoms with Crippen molar-refractivity contribution in [2.24, 2.45) is 0 Å². The Balaban J connectivity index is 1.78. The summed E-state index contributed by atoms with van der Waals surface area (Å²) in [4.78, 5) is 12.3. The molecule has 24 heavy (non-hydrogen) atoms. The molecule has 6 heteroatoms. The maximum Gasteiger partial charge on any atom is 0.363 e. The van der Waals surface area contributed by atoms with Crippen LogP contribution in [0.5, 0.6) is 5.75 Å². The molecule has 0 amide bonds. The molecule has 0 N–H and O–H groups in total. The van der Waals surface area contributed by atoms with Gasteiger partial charge in [0.05, 0.1) is 19.0 Å². The second-order valence-corrected chi connectivity index (χ2v) is 5.95. The summed E-state index contributed by atoms with van der Waals surface area (Å²) in [7, 11) is 1.50. The average molecular weight is 387 g/mol. The van der Waals surface area contributed by atoms with Crippen LogP contribution in [-0.4, -0.2) is 22.9 Å². The third-order valence-electron chi connectivity index (χ3n) is 3.37. The number of halogens is 1. The molecule has 0 saturated carbocycles. The van der Waals surface area contributed by atoms with Crippen LogP contribution in [0.1, 0.15) is 16.1 Å². The van der Waals surface area contributed by atoms with E-state index < -0.39 is 5.97 Å². The van der Waals surface area contributed by atoms with Crippen LogP contribution in [-0.2, 0) is 11.3 Å². The molecule has 3 rings (SSSR count). The Labute approximate surface area is 148 Å². The molecule has 1 aromatic heterocycles. The Morgan fingerprint density at radius 2 is 1.96 bits per heavy atom. The van der Waals surface area contributed by atoms with Gasteiger partial charge in [0, 0.05) is 4.47 Å². The smallest absolute Gasteiger partial charge is 0.363 e. The number of nitrogens with zero attached hydrogens (tertiary/aromatic N) is 2. The van der Waals surface area contributed by atoms with Crippen LogP contribution < -0.4 is 4.74 Å². The lowest BCUT2D eigenvalue weighted by atomic mass is 10.2. The molecular weight excluding hydrogens is 372 g/mol. The Morgan fingerprint density at radius 3 is 2.67 bits per heavy atom. The van der Waals surface area contributed by atoms with Crippen molar-refractivity contribution < 1.29 is 14.3 Å². The summed E-state index contributed by atoms with van der Waals surface area (Å²) < 4.78 is 13.1. The summed E-state index contributed by atoms with van der Waals surface area (Å²) >= 11 is 3.39. The van der Waals surface area contributed by atoms with Crippen molar-refractivity contribution in [3.8, 4) is 11.4 Å². The van der Waals surface area contributed by atoms with E-state index in [4.69, 9.17) is 9.47 Å². The minimum atomic E-state index is -0.526. The third kappa shape index (κ3) is 3.65. The molecule has 5 nitrogen and oxygen atoms in total. The van der Waals surface area contributed by atoms with Crippen LogP contribution in [0.25, 0.3) is 5.69 Å². The molecule has 0 aliphatic carbocycles. The molecule has 0 aliphatic rings. The van der Waals surface area contributed by atoms with Gasteiger partial charge in [-0.15, -0.1) is 0 Å². The molecule has 0 fully saturated rings. The minimum absolute atomic E-state index is 0.149. The van der Waals surface area contributed by atoms with Gasteiger partial charge in [0.15, 0.2) is 5.75 Å². The monoisotopic (exact) mass is 386 g/mol. The zero-order chi connectivity index (χ0) is 16.9. The normalized spacial score (nSPS) is 10.4. The number of para-hydroxylation sites is 1. The molecule has 0 radical (unpaired) electrons. The number of carbonyl (C=O) groups is 1. The number of aromatic nitrogens is 2. The molecular formula is C18H15BrN2O3. The van der Waals surface area contributed by atoms with Crippen LogP contribution in [0.15, 0.2) is 65.3 Å². The maximum atomic E-state index is 12.3. The SMILES string of the molecule is COc1cn(-c2ccccc2)nc1C(=O)OCc1cccc(Br)c1. The van der Waals surface area contributed by atoms with E-state index in [1.165, 1.54) is 7.11 Å². The summed E-state index contributed by atoms with van der Waals surface area (Å²) in [5, 5.41) is 4.29. The number of hydrogen-bond donors (Lipinski definition) is 0. The summed E-state index contributed by atoms with van der Waals surface area (Å²) in [6.45, 7) is 0.166. The number of methoxy groups -OCH3 is 1. The number of carbonyl (C=O) groups excluding carboxylic acids is 1. The lowest BCUT2D eigenvalue weighted by Crippen LogP contribution is -2.08. The van der Waals surface area contributed by atoms with E-state index in [1.807, 2.05) is 54.6 Å². The number of benzene rings is 2. The number of esters is 1. The van der Waals surface area contributed by atoms with E-state index in [1.54, 1.807) is 10.9 Å². The predicted molar refractivity (Wildman–Crippen MR) is 93.4 cm³/mol. The Kier molecular flexibility index (Phi) is 4.96. The highest BCUT2D eigenvalue weighted by molar-refractivity contribution is 9.10. The fraction of sp³-hybridized carbons (Fsp3) is 0.111. The first-order valence-corrected chi connectivity index (χ1v) is 8.07. The number of rotatable bonds is 5. The molecule has 0 aliphatic heterocycles. The number of ether oxygens (including phenoxy) is 2. The fourth-order valence-electron chi connectivity index (χ4n) is 2.21. The summed E-state index contributed by atoms with van der Waals surface area (Å²) in [6, 6.07) is 17.1. The van der Waals surface area contributed by atoms with Crippen LogP contribution >= 0.6 is 15.9 Å².